The van der Waals surface area contributed by atoms with Crippen molar-refractivity contribution < 1.29 is 9.72 Å². The Morgan fingerprint density at radius 3 is 2.61 bits per heavy atom. The molecule has 1 amide bonds. The van der Waals surface area contributed by atoms with Crippen LogP contribution in [0, 0.1) is 10.1 Å². The Kier molecular flexibility index (Phi) is 6.26. The molecule has 0 bridgehead atoms. The minimum atomic E-state index is -0.589. The van der Waals surface area contributed by atoms with Crippen LogP contribution in [0.5, 0.6) is 0 Å². The fraction of sp³-hybridized carbons (Fsp3) is 0.381. The molecule has 1 unspecified atom stereocenters. The predicted molar refractivity (Wildman–Crippen MR) is 109 cm³/mol. The molecule has 1 fully saturated rings. The van der Waals surface area contributed by atoms with E-state index in [1.54, 1.807) is 0 Å². The number of likely N-dealkylation sites (tertiary alicyclic amines) is 1. The van der Waals surface area contributed by atoms with Gasteiger partial charge in [0.15, 0.2) is 0 Å². The van der Waals surface area contributed by atoms with E-state index in [0.29, 0.717) is 12.6 Å². The number of hydrogen-bond donors (Lipinski definition) is 2. The summed E-state index contributed by atoms with van der Waals surface area (Å²) in [5.41, 5.74) is 7.81. The maximum atomic E-state index is 12.3. The molecular formula is C21H26N4O3. The lowest BCUT2D eigenvalue weighted by molar-refractivity contribution is -0.383. The summed E-state index contributed by atoms with van der Waals surface area (Å²) in [6, 6.07) is 12.9. The summed E-state index contributed by atoms with van der Waals surface area (Å²) in [5, 5.41) is 13.8. The molecular weight excluding hydrogens is 356 g/mol. The molecule has 0 aliphatic carbocycles. The number of piperidine rings is 1. The van der Waals surface area contributed by atoms with Crippen LogP contribution in [0.3, 0.4) is 0 Å². The summed E-state index contributed by atoms with van der Waals surface area (Å²) in [6.07, 6.45) is 3.83. The highest BCUT2D eigenvalue weighted by molar-refractivity contribution is 5.95. The molecule has 1 atom stereocenters. The molecule has 3 N–H and O–H groups in total. The van der Waals surface area contributed by atoms with E-state index in [1.807, 2.05) is 12.1 Å². The van der Waals surface area contributed by atoms with Gasteiger partial charge in [-0.25, -0.2) is 0 Å². The van der Waals surface area contributed by atoms with Crippen LogP contribution in [0.2, 0.25) is 0 Å². The molecule has 1 aliphatic heterocycles. The van der Waals surface area contributed by atoms with Gasteiger partial charge in [0.1, 0.15) is 5.69 Å². The number of nitro benzene ring substituents is 1. The number of nitrogens with one attached hydrogen (secondary N) is 1. The third-order valence-corrected chi connectivity index (χ3v) is 5.29. The molecule has 2 aromatic rings. The minimum Gasteiger partial charge on any atom is -0.393 e. The first kappa shape index (κ1) is 19.8. The number of benzene rings is 2. The zero-order chi connectivity index (χ0) is 20.1. The Morgan fingerprint density at radius 1 is 1.21 bits per heavy atom. The zero-order valence-electron chi connectivity index (χ0n) is 16.1. The van der Waals surface area contributed by atoms with E-state index in [4.69, 9.17) is 5.73 Å². The second-order valence-electron chi connectivity index (χ2n) is 7.35. The number of nitro groups is 1. The fourth-order valence-corrected chi connectivity index (χ4v) is 3.52. The maximum absolute atomic E-state index is 12.3. The van der Waals surface area contributed by atoms with Gasteiger partial charge in [-0.2, -0.15) is 0 Å². The average molecular weight is 382 g/mol. The van der Waals surface area contributed by atoms with E-state index in [9.17, 15) is 14.9 Å². The van der Waals surface area contributed by atoms with Crippen molar-refractivity contribution >= 4 is 17.3 Å². The number of hydrogen-bond acceptors (Lipinski definition) is 5. The van der Waals surface area contributed by atoms with Gasteiger partial charge in [0.05, 0.1) is 4.92 Å². The third-order valence-electron chi connectivity index (χ3n) is 5.29. The van der Waals surface area contributed by atoms with Gasteiger partial charge in [0, 0.05) is 30.8 Å². The number of carbonyl (C=O) groups excluding carboxylic acids is 1. The van der Waals surface area contributed by atoms with Crippen LogP contribution in [-0.2, 0) is 13.1 Å². The van der Waals surface area contributed by atoms with Gasteiger partial charge >= 0.3 is 0 Å². The summed E-state index contributed by atoms with van der Waals surface area (Å²) in [4.78, 5) is 25.2. The first-order valence-corrected chi connectivity index (χ1v) is 9.58. The highest BCUT2D eigenvalue weighted by Crippen LogP contribution is 2.22. The molecule has 1 saturated heterocycles. The number of rotatable bonds is 6. The first-order valence-electron chi connectivity index (χ1n) is 9.58. The van der Waals surface area contributed by atoms with Gasteiger partial charge in [0.25, 0.3) is 11.6 Å². The molecule has 148 valence electrons. The summed E-state index contributed by atoms with van der Waals surface area (Å²) in [6.45, 7) is 4.73. The van der Waals surface area contributed by atoms with Crippen LogP contribution < -0.4 is 11.1 Å². The molecule has 7 nitrogen and oxygen atoms in total. The number of nitrogens with two attached hydrogens (primary N) is 1. The lowest BCUT2D eigenvalue weighted by Gasteiger charge is -2.33. The molecule has 1 heterocycles. The van der Waals surface area contributed by atoms with Crippen LogP contribution in [0.4, 0.5) is 11.4 Å². The van der Waals surface area contributed by atoms with Crippen molar-refractivity contribution in [3.8, 4) is 0 Å². The van der Waals surface area contributed by atoms with E-state index >= 15 is 0 Å². The minimum absolute atomic E-state index is 0.0418. The average Bonchev–Trinajstić information content (AvgIpc) is 2.69. The SMILES string of the molecule is CC1CCCCN1Cc1ccc(CNC(=O)c2ccc(N)c([N+](=O)[O-])c2)cc1. The maximum Gasteiger partial charge on any atom is 0.292 e. The van der Waals surface area contributed by atoms with E-state index in [-0.39, 0.29) is 22.8 Å². The van der Waals surface area contributed by atoms with Gasteiger partial charge < -0.3 is 11.1 Å². The van der Waals surface area contributed by atoms with Crippen molar-refractivity contribution in [2.24, 2.45) is 0 Å². The first-order chi connectivity index (χ1) is 13.4. The van der Waals surface area contributed by atoms with Crippen molar-refractivity contribution in [2.75, 3.05) is 12.3 Å². The number of nitrogens with zero attached hydrogens (tertiary/aromatic N) is 2. The van der Waals surface area contributed by atoms with Gasteiger partial charge in [-0.05, 0) is 49.6 Å². The Morgan fingerprint density at radius 2 is 1.93 bits per heavy atom. The van der Waals surface area contributed by atoms with Gasteiger partial charge in [-0.3, -0.25) is 19.8 Å². The van der Waals surface area contributed by atoms with Crippen molar-refractivity contribution in [1.82, 2.24) is 10.2 Å². The van der Waals surface area contributed by atoms with E-state index in [1.165, 1.54) is 43.0 Å². The standard InChI is InChI=1S/C21H26N4O3/c1-15-4-2-3-11-24(15)14-17-7-5-16(6-8-17)13-23-21(26)18-9-10-19(22)20(12-18)25(27)28/h5-10,12,15H,2-4,11,13-14,22H2,1H3,(H,23,26). The predicted octanol–water partition coefficient (Wildman–Crippen LogP) is 3.48. The third kappa shape index (κ3) is 4.86. The van der Waals surface area contributed by atoms with Crippen LogP contribution in [-0.4, -0.2) is 28.3 Å². The lowest BCUT2D eigenvalue weighted by Crippen LogP contribution is -2.36. The number of amides is 1. The summed E-state index contributed by atoms with van der Waals surface area (Å²) in [7, 11) is 0. The topological polar surface area (TPSA) is 102 Å². The van der Waals surface area contributed by atoms with Gasteiger partial charge in [0.2, 0.25) is 0 Å². The summed E-state index contributed by atoms with van der Waals surface area (Å²) < 4.78 is 0. The molecule has 0 radical (unpaired) electrons. The largest absolute Gasteiger partial charge is 0.393 e. The molecule has 0 saturated carbocycles. The summed E-state index contributed by atoms with van der Waals surface area (Å²) in [5.74, 6) is -0.366. The Hall–Kier alpha value is -2.93. The van der Waals surface area contributed by atoms with Crippen molar-refractivity contribution in [3.05, 3.63) is 69.3 Å². The van der Waals surface area contributed by atoms with Gasteiger partial charge in [-0.15, -0.1) is 0 Å². The monoisotopic (exact) mass is 382 g/mol. The molecule has 3 rings (SSSR count). The number of anilines is 1. The van der Waals surface area contributed by atoms with E-state index in [0.717, 1.165) is 18.7 Å². The van der Waals surface area contributed by atoms with Crippen LogP contribution in [0.15, 0.2) is 42.5 Å². The normalized spacial score (nSPS) is 17.2. The molecule has 28 heavy (non-hydrogen) atoms. The second-order valence-corrected chi connectivity index (χ2v) is 7.35. The molecule has 2 aromatic carbocycles. The smallest absolute Gasteiger partial charge is 0.292 e. The van der Waals surface area contributed by atoms with Crippen LogP contribution in [0.1, 0.15) is 47.7 Å². The second kappa shape index (κ2) is 8.84. The number of nitrogen functional groups attached to an aromatic ring is 1. The highest BCUT2D eigenvalue weighted by atomic mass is 16.6. The van der Waals surface area contributed by atoms with Crippen molar-refractivity contribution in [1.29, 1.82) is 0 Å². The zero-order valence-corrected chi connectivity index (χ0v) is 16.1. The molecule has 1 aliphatic rings. The van der Waals surface area contributed by atoms with E-state index < -0.39 is 4.92 Å². The Labute approximate surface area is 164 Å². The summed E-state index contributed by atoms with van der Waals surface area (Å²) >= 11 is 0. The van der Waals surface area contributed by atoms with Crippen LogP contribution >= 0.6 is 0 Å². The van der Waals surface area contributed by atoms with Crippen molar-refractivity contribution in [3.63, 3.8) is 0 Å². The molecule has 0 spiro atoms. The lowest BCUT2D eigenvalue weighted by atomic mass is 10.0. The molecule has 7 heteroatoms. The van der Waals surface area contributed by atoms with Crippen LogP contribution in [0.25, 0.3) is 0 Å². The van der Waals surface area contributed by atoms with Crippen molar-refractivity contribution in [2.45, 2.75) is 45.3 Å². The highest BCUT2D eigenvalue weighted by Gasteiger charge is 2.18. The van der Waals surface area contributed by atoms with E-state index in [2.05, 4.69) is 29.3 Å². The van der Waals surface area contributed by atoms with Gasteiger partial charge in [-0.1, -0.05) is 30.7 Å². The quantitative estimate of drug-likeness (QED) is 0.452. The fourth-order valence-electron chi connectivity index (χ4n) is 3.52. The Bertz CT molecular complexity index is 851. The number of carbonyl (C=O) groups is 1. The Balaban J connectivity index is 1.56. The molecule has 0 aromatic heterocycles.